The van der Waals surface area contributed by atoms with Crippen molar-refractivity contribution in [2.75, 3.05) is 18.1 Å². The van der Waals surface area contributed by atoms with E-state index in [0.717, 1.165) is 0 Å². The van der Waals surface area contributed by atoms with E-state index in [9.17, 15) is 27.1 Å². The van der Waals surface area contributed by atoms with Crippen LogP contribution in [0.3, 0.4) is 0 Å². The summed E-state index contributed by atoms with van der Waals surface area (Å²) in [5.74, 6) is -7.48. The molecule has 0 radical (unpaired) electrons. The highest BCUT2D eigenvalue weighted by atomic mass is 32.2. The van der Waals surface area contributed by atoms with Gasteiger partial charge in [0.1, 0.15) is 0 Å². The van der Waals surface area contributed by atoms with Crippen LogP contribution in [0.5, 0.6) is 0 Å². The molecule has 5 nitrogen and oxygen atoms in total. The maximum absolute atomic E-state index is 13.6. The van der Waals surface area contributed by atoms with Gasteiger partial charge in [0.05, 0.1) is 18.1 Å². The molecule has 1 N–H and O–H groups in total. The van der Waals surface area contributed by atoms with Crippen LogP contribution in [-0.2, 0) is 19.4 Å². The van der Waals surface area contributed by atoms with E-state index < -0.39 is 39.5 Å². The second-order valence-electron chi connectivity index (χ2n) is 4.02. The normalized spacial score (nSPS) is 28.7. The van der Waals surface area contributed by atoms with Gasteiger partial charge in [0, 0.05) is 0 Å². The Balaban J connectivity index is 2.99. The van der Waals surface area contributed by atoms with Crippen LogP contribution >= 0.6 is 0 Å². The van der Waals surface area contributed by atoms with Crippen molar-refractivity contribution >= 4 is 15.8 Å². The molecule has 1 unspecified atom stereocenters. The summed E-state index contributed by atoms with van der Waals surface area (Å²) >= 11 is 0. The van der Waals surface area contributed by atoms with Crippen molar-refractivity contribution in [1.82, 2.24) is 0 Å². The Morgan fingerprint density at radius 3 is 2.59 bits per heavy atom. The third-order valence-electron chi connectivity index (χ3n) is 2.62. The lowest BCUT2D eigenvalue weighted by atomic mass is 9.92. The number of sulfone groups is 1. The Morgan fingerprint density at radius 2 is 2.12 bits per heavy atom. The first kappa shape index (κ1) is 14.3. The summed E-state index contributed by atoms with van der Waals surface area (Å²) in [6, 6.07) is 0. The van der Waals surface area contributed by atoms with E-state index in [1.165, 1.54) is 6.92 Å². The molecule has 0 bridgehead atoms. The Bertz CT molecular complexity index is 406. The molecule has 1 saturated heterocycles. The monoisotopic (exact) mass is 272 g/mol. The number of ether oxygens (including phenoxy) is 1. The van der Waals surface area contributed by atoms with E-state index in [0.29, 0.717) is 0 Å². The minimum Gasteiger partial charge on any atom is -0.461 e. The maximum atomic E-state index is 13.6. The first-order chi connectivity index (χ1) is 7.65. The summed E-state index contributed by atoms with van der Waals surface area (Å²) in [5, 5.41) is 9.70. The molecular formula is C9H14F2O5S. The highest BCUT2D eigenvalue weighted by Gasteiger charge is 2.62. The van der Waals surface area contributed by atoms with Crippen LogP contribution in [0, 0.1) is 0 Å². The molecule has 1 heterocycles. The van der Waals surface area contributed by atoms with Gasteiger partial charge in [0.2, 0.25) is 0 Å². The van der Waals surface area contributed by atoms with Gasteiger partial charge in [-0.25, -0.2) is 13.2 Å². The van der Waals surface area contributed by atoms with Crippen molar-refractivity contribution in [3.05, 3.63) is 0 Å². The summed E-state index contributed by atoms with van der Waals surface area (Å²) in [6.45, 7) is 1.08. The number of carbonyl (C=O) groups excluding carboxylic acids is 1. The van der Waals surface area contributed by atoms with E-state index in [2.05, 4.69) is 4.74 Å². The number of halogens is 2. The van der Waals surface area contributed by atoms with Gasteiger partial charge in [-0.3, -0.25) is 0 Å². The Morgan fingerprint density at radius 1 is 1.53 bits per heavy atom. The average molecular weight is 272 g/mol. The van der Waals surface area contributed by atoms with Gasteiger partial charge in [-0.05, 0) is 19.8 Å². The zero-order valence-electron chi connectivity index (χ0n) is 9.28. The Labute approximate surface area is 97.7 Å². The standard InChI is InChI=1S/C9H14F2O5S/c1-2-16-7(12)9(10,11)8(13)4-3-5-17(14,15)6-8/h13H,2-6H2,1H3. The van der Waals surface area contributed by atoms with Crippen LogP contribution in [0.2, 0.25) is 0 Å². The topological polar surface area (TPSA) is 80.7 Å². The smallest absolute Gasteiger partial charge is 0.380 e. The van der Waals surface area contributed by atoms with Crippen LogP contribution in [0.4, 0.5) is 8.78 Å². The molecule has 100 valence electrons. The van der Waals surface area contributed by atoms with Crippen molar-refractivity contribution in [2.45, 2.75) is 31.3 Å². The van der Waals surface area contributed by atoms with Crippen molar-refractivity contribution in [3.63, 3.8) is 0 Å². The number of carbonyl (C=O) groups is 1. The van der Waals surface area contributed by atoms with Gasteiger partial charge in [0.25, 0.3) is 0 Å². The minimum absolute atomic E-state index is 0.103. The van der Waals surface area contributed by atoms with Gasteiger partial charge in [-0.1, -0.05) is 0 Å². The fourth-order valence-electron chi connectivity index (χ4n) is 1.75. The number of rotatable bonds is 3. The van der Waals surface area contributed by atoms with Gasteiger partial charge in [-0.2, -0.15) is 8.78 Å². The second-order valence-corrected chi connectivity index (χ2v) is 6.21. The number of aliphatic hydroxyl groups is 1. The minimum atomic E-state index is -4.21. The number of alkyl halides is 2. The van der Waals surface area contributed by atoms with Gasteiger partial charge in [-0.15, -0.1) is 0 Å². The van der Waals surface area contributed by atoms with Gasteiger partial charge < -0.3 is 9.84 Å². The summed E-state index contributed by atoms with van der Waals surface area (Å²) in [4.78, 5) is 11.1. The SMILES string of the molecule is CCOC(=O)C(F)(F)C1(O)CCCS(=O)(=O)C1. The lowest BCUT2D eigenvalue weighted by Gasteiger charge is -2.36. The zero-order chi connectivity index (χ0) is 13.3. The first-order valence-corrected chi connectivity index (χ1v) is 6.94. The van der Waals surface area contributed by atoms with Crippen LogP contribution in [0.15, 0.2) is 0 Å². The highest BCUT2D eigenvalue weighted by molar-refractivity contribution is 7.91. The molecule has 0 aromatic carbocycles. The quantitative estimate of drug-likeness (QED) is 0.738. The predicted octanol–water partition coefficient (Wildman–Crippen LogP) is 0.125. The van der Waals surface area contributed by atoms with Gasteiger partial charge >= 0.3 is 11.9 Å². The lowest BCUT2D eigenvalue weighted by molar-refractivity contribution is -0.210. The fourth-order valence-corrected chi connectivity index (χ4v) is 3.53. The van der Waals surface area contributed by atoms with E-state index in [-0.39, 0.29) is 18.8 Å². The van der Waals surface area contributed by atoms with Crippen LogP contribution in [0.25, 0.3) is 0 Å². The third kappa shape index (κ3) is 2.74. The van der Waals surface area contributed by atoms with E-state index in [4.69, 9.17) is 0 Å². The molecule has 0 spiro atoms. The molecule has 0 amide bonds. The Kier molecular flexibility index (Phi) is 3.78. The molecule has 1 fully saturated rings. The largest absolute Gasteiger partial charge is 0.461 e. The first-order valence-electron chi connectivity index (χ1n) is 5.12. The van der Waals surface area contributed by atoms with E-state index >= 15 is 0 Å². The molecule has 1 rings (SSSR count). The van der Waals surface area contributed by atoms with Crippen LogP contribution in [0.1, 0.15) is 19.8 Å². The molecule has 0 aromatic heterocycles. The van der Waals surface area contributed by atoms with Crippen molar-refractivity contribution in [2.24, 2.45) is 0 Å². The Hall–Kier alpha value is -0.760. The summed E-state index contributed by atoms with van der Waals surface area (Å²) in [5.41, 5.74) is -2.86. The average Bonchev–Trinajstić information content (AvgIpc) is 2.15. The van der Waals surface area contributed by atoms with E-state index in [1.807, 2.05) is 0 Å². The maximum Gasteiger partial charge on any atom is 0.380 e. The van der Waals surface area contributed by atoms with Crippen molar-refractivity contribution in [1.29, 1.82) is 0 Å². The molecule has 0 aromatic rings. The van der Waals surface area contributed by atoms with Crippen LogP contribution < -0.4 is 0 Å². The zero-order valence-corrected chi connectivity index (χ0v) is 10.1. The second kappa shape index (κ2) is 4.49. The summed E-state index contributed by atoms with van der Waals surface area (Å²) in [6.07, 6.45) is -0.550. The highest BCUT2D eigenvalue weighted by Crippen LogP contribution is 2.38. The van der Waals surface area contributed by atoms with Gasteiger partial charge in [0.15, 0.2) is 15.4 Å². The van der Waals surface area contributed by atoms with Crippen molar-refractivity contribution in [3.8, 4) is 0 Å². The number of hydrogen-bond donors (Lipinski definition) is 1. The molecular weight excluding hydrogens is 258 g/mol. The van der Waals surface area contributed by atoms with Crippen LogP contribution in [-0.4, -0.2) is 49.1 Å². The molecule has 17 heavy (non-hydrogen) atoms. The molecule has 8 heteroatoms. The predicted molar refractivity (Wildman–Crippen MR) is 54.4 cm³/mol. The molecule has 0 saturated carbocycles. The van der Waals surface area contributed by atoms with E-state index in [1.54, 1.807) is 0 Å². The number of hydrogen-bond acceptors (Lipinski definition) is 5. The fraction of sp³-hybridized carbons (Fsp3) is 0.889. The third-order valence-corrected chi connectivity index (χ3v) is 4.45. The number of esters is 1. The molecule has 1 atom stereocenters. The summed E-state index contributed by atoms with van der Waals surface area (Å²) in [7, 11) is -3.76. The molecule has 1 aliphatic rings. The summed E-state index contributed by atoms with van der Waals surface area (Å²) < 4.78 is 53.9. The molecule has 1 aliphatic heterocycles. The van der Waals surface area contributed by atoms with Crippen molar-refractivity contribution < 1.29 is 31.8 Å². The molecule has 0 aliphatic carbocycles. The lowest BCUT2D eigenvalue weighted by Crippen LogP contribution is -2.59.